The maximum absolute atomic E-state index is 13.5. The van der Waals surface area contributed by atoms with Crippen molar-refractivity contribution in [2.45, 2.75) is 26.4 Å². The van der Waals surface area contributed by atoms with Crippen LogP contribution in [0, 0.1) is 5.82 Å². The Balaban J connectivity index is 2.43. The SMILES string of the molecule is CCOCCCOc1ccc(C(C)O)cc1F. The first-order valence-electron chi connectivity index (χ1n) is 5.83. The molecule has 0 amide bonds. The second kappa shape index (κ2) is 7.25. The number of rotatable bonds is 7. The summed E-state index contributed by atoms with van der Waals surface area (Å²) in [6, 6.07) is 4.49. The van der Waals surface area contributed by atoms with Crippen LogP contribution in [0.25, 0.3) is 0 Å². The zero-order valence-electron chi connectivity index (χ0n) is 10.3. The zero-order chi connectivity index (χ0) is 12.7. The Morgan fingerprint density at radius 1 is 1.35 bits per heavy atom. The van der Waals surface area contributed by atoms with Crippen molar-refractivity contribution < 1.29 is 19.0 Å². The smallest absolute Gasteiger partial charge is 0.165 e. The van der Waals surface area contributed by atoms with Crippen LogP contribution in [0.4, 0.5) is 4.39 Å². The number of aliphatic hydroxyl groups is 1. The molecule has 1 N–H and O–H groups in total. The van der Waals surface area contributed by atoms with Gasteiger partial charge in [0, 0.05) is 19.6 Å². The number of hydrogen-bond acceptors (Lipinski definition) is 3. The first-order chi connectivity index (χ1) is 8.15. The molecule has 96 valence electrons. The Labute approximate surface area is 101 Å². The molecule has 0 bridgehead atoms. The van der Waals surface area contributed by atoms with Crippen LogP contribution in [0.3, 0.4) is 0 Å². The van der Waals surface area contributed by atoms with Gasteiger partial charge in [-0.15, -0.1) is 0 Å². The molecular weight excluding hydrogens is 223 g/mol. The summed E-state index contributed by atoms with van der Waals surface area (Å²) < 4.78 is 23.9. The summed E-state index contributed by atoms with van der Waals surface area (Å²) in [6.07, 6.45) is 0.0577. The molecule has 17 heavy (non-hydrogen) atoms. The van der Waals surface area contributed by atoms with Crippen molar-refractivity contribution in [1.82, 2.24) is 0 Å². The fraction of sp³-hybridized carbons (Fsp3) is 0.538. The molecule has 0 aliphatic rings. The maximum atomic E-state index is 13.5. The van der Waals surface area contributed by atoms with Crippen molar-refractivity contribution in [3.05, 3.63) is 29.6 Å². The Morgan fingerprint density at radius 3 is 2.71 bits per heavy atom. The van der Waals surface area contributed by atoms with Gasteiger partial charge < -0.3 is 14.6 Å². The molecule has 0 saturated heterocycles. The van der Waals surface area contributed by atoms with Gasteiger partial charge in [-0.1, -0.05) is 6.07 Å². The fourth-order valence-corrected chi connectivity index (χ4v) is 1.38. The lowest BCUT2D eigenvalue weighted by Gasteiger charge is -2.10. The Kier molecular flexibility index (Phi) is 5.94. The van der Waals surface area contributed by atoms with Crippen molar-refractivity contribution >= 4 is 0 Å². The Bertz CT molecular complexity index is 339. The highest BCUT2D eigenvalue weighted by molar-refractivity contribution is 5.30. The predicted molar refractivity (Wildman–Crippen MR) is 63.6 cm³/mol. The molecule has 0 saturated carbocycles. The van der Waals surface area contributed by atoms with Gasteiger partial charge >= 0.3 is 0 Å². The molecule has 1 atom stereocenters. The molecule has 0 aliphatic heterocycles. The summed E-state index contributed by atoms with van der Waals surface area (Å²) in [5.74, 6) is -0.231. The summed E-state index contributed by atoms with van der Waals surface area (Å²) >= 11 is 0. The van der Waals surface area contributed by atoms with Crippen LogP contribution in [-0.4, -0.2) is 24.9 Å². The van der Waals surface area contributed by atoms with Crippen LogP contribution in [-0.2, 0) is 4.74 Å². The van der Waals surface area contributed by atoms with Gasteiger partial charge in [0.2, 0.25) is 0 Å². The van der Waals surface area contributed by atoms with E-state index in [0.29, 0.717) is 25.4 Å². The number of ether oxygens (including phenoxy) is 2. The second-order valence-corrected chi connectivity index (χ2v) is 3.76. The van der Waals surface area contributed by atoms with E-state index in [4.69, 9.17) is 9.47 Å². The molecule has 0 heterocycles. The summed E-state index contributed by atoms with van der Waals surface area (Å²) in [6.45, 7) is 5.24. The van der Waals surface area contributed by atoms with Gasteiger partial charge in [0.15, 0.2) is 11.6 Å². The van der Waals surface area contributed by atoms with Crippen LogP contribution < -0.4 is 4.74 Å². The van der Waals surface area contributed by atoms with Gasteiger partial charge in [-0.2, -0.15) is 0 Å². The van der Waals surface area contributed by atoms with Crippen molar-refractivity contribution in [2.75, 3.05) is 19.8 Å². The van der Waals surface area contributed by atoms with Gasteiger partial charge in [0.1, 0.15) is 0 Å². The minimum atomic E-state index is -0.670. The molecule has 0 spiro atoms. The topological polar surface area (TPSA) is 38.7 Å². The van der Waals surface area contributed by atoms with Crippen LogP contribution in [0.5, 0.6) is 5.75 Å². The van der Waals surface area contributed by atoms with Crippen molar-refractivity contribution in [3.8, 4) is 5.75 Å². The molecule has 0 fully saturated rings. The van der Waals surface area contributed by atoms with E-state index in [2.05, 4.69) is 0 Å². The van der Waals surface area contributed by atoms with E-state index in [1.165, 1.54) is 12.1 Å². The standard InChI is InChI=1S/C13H19FO3/c1-3-16-7-4-8-17-13-6-5-11(10(2)15)9-12(13)14/h5-6,9-10,15H,3-4,7-8H2,1-2H3. The van der Waals surface area contributed by atoms with Gasteiger partial charge in [-0.3, -0.25) is 0 Å². The lowest BCUT2D eigenvalue weighted by molar-refractivity contribution is 0.130. The molecule has 4 heteroatoms. The van der Waals surface area contributed by atoms with Crippen LogP contribution in [0.15, 0.2) is 18.2 Å². The predicted octanol–water partition coefficient (Wildman–Crippen LogP) is 2.68. The molecule has 1 rings (SSSR count). The maximum Gasteiger partial charge on any atom is 0.165 e. The van der Waals surface area contributed by atoms with Crippen LogP contribution >= 0.6 is 0 Å². The zero-order valence-corrected chi connectivity index (χ0v) is 10.3. The molecule has 1 aromatic rings. The summed E-state index contributed by atoms with van der Waals surface area (Å²) in [7, 11) is 0. The highest BCUT2D eigenvalue weighted by atomic mass is 19.1. The average molecular weight is 242 g/mol. The lowest BCUT2D eigenvalue weighted by Crippen LogP contribution is -2.04. The van der Waals surface area contributed by atoms with Crippen LogP contribution in [0.1, 0.15) is 31.9 Å². The number of benzene rings is 1. The van der Waals surface area contributed by atoms with E-state index < -0.39 is 11.9 Å². The lowest BCUT2D eigenvalue weighted by atomic mass is 10.1. The van der Waals surface area contributed by atoms with E-state index in [9.17, 15) is 9.50 Å². The fourth-order valence-electron chi connectivity index (χ4n) is 1.38. The Morgan fingerprint density at radius 2 is 2.12 bits per heavy atom. The minimum Gasteiger partial charge on any atom is -0.490 e. The highest BCUT2D eigenvalue weighted by Crippen LogP contribution is 2.21. The molecule has 0 aromatic heterocycles. The number of halogens is 1. The largest absolute Gasteiger partial charge is 0.490 e. The monoisotopic (exact) mass is 242 g/mol. The van der Waals surface area contributed by atoms with Crippen molar-refractivity contribution in [3.63, 3.8) is 0 Å². The van der Waals surface area contributed by atoms with Gasteiger partial charge in [0.05, 0.1) is 12.7 Å². The van der Waals surface area contributed by atoms with Gasteiger partial charge in [-0.05, 0) is 31.5 Å². The third-order valence-corrected chi connectivity index (χ3v) is 2.33. The summed E-state index contributed by atoms with van der Waals surface area (Å²) in [5.41, 5.74) is 0.546. The average Bonchev–Trinajstić information content (AvgIpc) is 2.30. The van der Waals surface area contributed by atoms with E-state index in [0.717, 1.165) is 6.42 Å². The number of hydrogen-bond donors (Lipinski definition) is 1. The first kappa shape index (κ1) is 13.9. The van der Waals surface area contributed by atoms with Gasteiger partial charge in [-0.25, -0.2) is 4.39 Å². The van der Waals surface area contributed by atoms with E-state index in [-0.39, 0.29) is 5.75 Å². The highest BCUT2D eigenvalue weighted by Gasteiger charge is 2.07. The van der Waals surface area contributed by atoms with Crippen LogP contribution in [0.2, 0.25) is 0 Å². The number of aliphatic hydroxyl groups excluding tert-OH is 1. The molecule has 0 aliphatic carbocycles. The first-order valence-corrected chi connectivity index (χ1v) is 5.83. The normalized spacial score (nSPS) is 12.5. The van der Waals surface area contributed by atoms with Crippen molar-refractivity contribution in [1.29, 1.82) is 0 Å². The molecule has 0 radical (unpaired) electrons. The Hall–Kier alpha value is -1.13. The second-order valence-electron chi connectivity index (χ2n) is 3.76. The molecule has 3 nitrogen and oxygen atoms in total. The minimum absolute atomic E-state index is 0.214. The van der Waals surface area contributed by atoms with E-state index in [1.54, 1.807) is 13.0 Å². The van der Waals surface area contributed by atoms with E-state index >= 15 is 0 Å². The quantitative estimate of drug-likeness (QED) is 0.747. The van der Waals surface area contributed by atoms with E-state index in [1.807, 2.05) is 6.92 Å². The molecule has 1 aromatic carbocycles. The third kappa shape index (κ3) is 4.71. The van der Waals surface area contributed by atoms with Crippen molar-refractivity contribution in [2.24, 2.45) is 0 Å². The molecular formula is C13H19FO3. The summed E-state index contributed by atoms with van der Waals surface area (Å²) in [5, 5.41) is 9.29. The molecule has 1 unspecified atom stereocenters. The summed E-state index contributed by atoms with van der Waals surface area (Å²) in [4.78, 5) is 0. The van der Waals surface area contributed by atoms with Gasteiger partial charge in [0.25, 0.3) is 0 Å². The third-order valence-electron chi connectivity index (χ3n) is 2.33.